The van der Waals surface area contributed by atoms with E-state index in [0.29, 0.717) is 24.1 Å². The molecule has 2 nitrogen and oxygen atoms in total. The number of nitrogens with two attached hydrogens (primary N) is 1. The van der Waals surface area contributed by atoms with E-state index >= 15 is 0 Å². The van der Waals surface area contributed by atoms with Crippen molar-refractivity contribution >= 4 is 0 Å². The molecule has 0 aromatic heterocycles. The smallest absolute Gasteiger partial charge is 0.138 e. The number of aliphatic hydroxyl groups is 1. The van der Waals surface area contributed by atoms with Crippen LogP contribution in [-0.4, -0.2) is 11.7 Å². The van der Waals surface area contributed by atoms with Gasteiger partial charge in [0.1, 0.15) is 5.82 Å². The Labute approximate surface area is 82.6 Å². The van der Waals surface area contributed by atoms with Gasteiger partial charge in [0.05, 0.1) is 12.2 Å². The molecular formula is C11H12FNO. The average molecular weight is 193 g/mol. The Kier molecular flexibility index (Phi) is 4.11. The summed E-state index contributed by atoms with van der Waals surface area (Å²) in [5, 5.41) is 8.83. The molecule has 0 aliphatic carbocycles. The van der Waals surface area contributed by atoms with Crippen molar-refractivity contribution in [3.8, 4) is 11.8 Å². The third kappa shape index (κ3) is 2.84. The summed E-state index contributed by atoms with van der Waals surface area (Å²) in [7, 11) is 0. The van der Waals surface area contributed by atoms with Crippen LogP contribution in [0.5, 0.6) is 0 Å². The van der Waals surface area contributed by atoms with Crippen LogP contribution in [0.3, 0.4) is 0 Å². The Hall–Kier alpha value is -1.37. The van der Waals surface area contributed by atoms with Crippen molar-refractivity contribution in [3.05, 3.63) is 35.1 Å². The number of hydrogen-bond donors (Lipinski definition) is 2. The largest absolute Gasteiger partial charge is 0.392 e. The van der Waals surface area contributed by atoms with Crippen LogP contribution in [0.1, 0.15) is 17.5 Å². The third-order valence-electron chi connectivity index (χ3n) is 1.71. The molecule has 1 rings (SSSR count). The lowest BCUT2D eigenvalue weighted by Gasteiger charge is -1.98. The number of halogens is 1. The van der Waals surface area contributed by atoms with Crippen molar-refractivity contribution in [2.24, 2.45) is 5.73 Å². The van der Waals surface area contributed by atoms with Crippen molar-refractivity contribution in [2.45, 2.75) is 13.0 Å². The topological polar surface area (TPSA) is 46.2 Å². The van der Waals surface area contributed by atoms with Crippen LogP contribution in [0, 0.1) is 17.7 Å². The highest BCUT2D eigenvalue weighted by Gasteiger charge is 1.99. The van der Waals surface area contributed by atoms with E-state index in [9.17, 15) is 4.39 Å². The number of hydrogen-bond acceptors (Lipinski definition) is 2. The van der Waals surface area contributed by atoms with Crippen molar-refractivity contribution in [3.63, 3.8) is 0 Å². The molecule has 0 spiro atoms. The number of rotatable bonds is 2. The van der Waals surface area contributed by atoms with Gasteiger partial charge < -0.3 is 10.8 Å². The summed E-state index contributed by atoms with van der Waals surface area (Å²) in [4.78, 5) is 0. The molecule has 0 fully saturated rings. The maximum Gasteiger partial charge on any atom is 0.138 e. The molecule has 74 valence electrons. The number of aliphatic hydroxyl groups excluding tert-OH is 1. The first-order valence-corrected chi connectivity index (χ1v) is 4.36. The van der Waals surface area contributed by atoms with Gasteiger partial charge in [0.15, 0.2) is 0 Å². The fourth-order valence-electron chi connectivity index (χ4n) is 0.996. The minimum atomic E-state index is -0.369. The lowest BCUT2D eigenvalue weighted by Crippen LogP contribution is -1.95. The molecule has 0 radical (unpaired) electrons. The minimum absolute atomic E-state index is 0.105. The summed E-state index contributed by atoms with van der Waals surface area (Å²) in [5.74, 6) is 5.05. The van der Waals surface area contributed by atoms with E-state index < -0.39 is 0 Å². The second-order valence-electron chi connectivity index (χ2n) is 2.81. The lowest BCUT2D eigenvalue weighted by atomic mass is 10.1. The predicted molar refractivity (Wildman–Crippen MR) is 52.9 cm³/mol. The second kappa shape index (κ2) is 5.38. The highest BCUT2D eigenvalue weighted by Crippen LogP contribution is 2.09. The van der Waals surface area contributed by atoms with Crippen LogP contribution < -0.4 is 5.73 Å². The normalized spacial score (nSPS) is 9.36. The maximum absolute atomic E-state index is 13.1. The summed E-state index contributed by atoms with van der Waals surface area (Å²) in [6, 6.07) is 4.38. The van der Waals surface area contributed by atoms with Crippen LogP contribution in [0.15, 0.2) is 18.2 Å². The van der Waals surface area contributed by atoms with Gasteiger partial charge in [0.25, 0.3) is 0 Å². The van der Waals surface area contributed by atoms with E-state index in [1.165, 1.54) is 12.1 Å². The van der Waals surface area contributed by atoms with Gasteiger partial charge in [-0.15, -0.1) is 0 Å². The molecule has 1 aromatic rings. The molecular weight excluding hydrogens is 181 g/mol. The SMILES string of the molecule is NCCC#Cc1cc(CO)ccc1F. The molecule has 14 heavy (non-hydrogen) atoms. The average Bonchev–Trinajstić information content (AvgIpc) is 2.21. The quantitative estimate of drug-likeness (QED) is 0.689. The maximum atomic E-state index is 13.1. The van der Waals surface area contributed by atoms with E-state index in [4.69, 9.17) is 10.8 Å². The molecule has 0 atom stereocenters. The van der Waals surface area contributed by atoms with Gasteiger partial charge in [0.2, 0.25) is 0 Å². The zero-order valence-electron chi connectivity index (χ0n) is 7.76. The molecule has 1 aromatic carbocycles. The van der Waals surface area contributed by atoms with Gasteiger partial charge in [-0.05, 0) is 17.7 Å². The van der Waals surface area contributed by atoms with E-state index in [0.717, 1.165) is 0 Å². The zero-order valence-corrected chi connectivity index (χ0v) is 7.76. The Bertz CT molecular complexity index is 365. The van der Waals surface area contributed by atoms with Gasteiger partial charge in [-0.3, -0.25) is 0 Å². The molecule has 0 heterocycles. The second-order valence-corrected chi connectivity index (χ2v) is 2.81. The van der Waals surface area contributed by atoms with Gasteiger partial charge >= 0.3 is 0 Å². The fraction of sp³-hybridized carbons (Fsp3) is 0.273. The summed E-state index contributed by atoms with van der Waals surface area (Å²) in [6.07, 6.45) is 0.544. The molecule has 0 aliphatic rings. The molecule has 0 bridgehead atoms. The first kappa shape index (κ1) is 10.7. The predicted octanol–water partition coefficient (Wildman–Crippen LogP) is 1.02. The van der Waals surface area contributed by atoms with Crippen molar-refractivity contribution < 1.29 is 9.50 Å². The molecule has 0 saturated carbocycles. The molecule has 3 N–H and O–H groups in total. The van der Waals surface area contributed by atoms with E-state index in [1.807, 2.05) is 0 Å². The monoisotopic (exact) mass is 193 g/mol. The van der Waals surface area contributed by atoms with Crippen molar-refractivity contribution in [1.29, 1.82) is 0 Å². The Morgan fingerprint density at radius 2 is 2.21 bits per heavy atom. The lowest BCUT2D eigenvalue weighted by molar-refractivity contribution is 0.281. The third-order valence-corrected chi connectivity index (χ3v) is 1.71. The summed E-state index contributed by atoms with van der Waals surface area (Å²) in [6.45, 7) is 0.361. The van der Waals surface area contributed by atoms with Gasteiger partial charge in [-0.25, -0.2) is 4.39 Å². The minimum Gasteiger partial charge on any atom is -0.392 e. The van der Waals surface area contributed by atoms with E-state index in [2.05, 4.69) is 11.8 Å². The molecule has 0 unspecified atom stereocenters. The van der Waals surface area contributed by atoms with Gasteiger partial charge in [-0.1, -0.05) is 17.9 Å². The van der Waals surface area contributed by atoms with Crippen LogP contribution in [-0.2, 0) is 6.61 Å². The molecule has 3 heteroatoms. The van der Waals surface area contributed by atoms with Crippen molar-refractivity contribution in [2.75, 3.05) is 6.54 Å². The van der Waals surface area contributed by atoms with Gasteiger partial charge in [-0.2, -0.15) is 0 Å². The molecule has 0 saturated heterocycles. The van der Waals surface area contributed by atoms with Crippen LogP contribution in [0.4, 0.5) is 4.39 Å². The summed E-state index contributed by atoms with van der Waals surface area (Å²) >= 11 is 0. The Balaban J connectivity index is 2.91. The Morgan fingerprint density at radius 1 is 1.43 bits per heavy atom. The summed E-state index contributed by atoms with van der Waals surface area (Å²) < 4.78 is 13.1. The van der Waals surface area contributed by atoms with Gasteiger partial charge in [0, 0.05) is 13.0 Å². The standard InChI is InChI=1S/C11H12FNO/c12-11-5-4-9(8-14)7-10(11)3-1-2-6-13/h4-5,7,14H,2,6,8,13H2. The first-order chi connectivity index (χ1) is 6.77. The van der Waals surface area contributed by atoms with Crippen molar-refractivity contribution in [1.82, 2.24) is 0 Å². The van der Waals surface area contributed by atoms with Crippen LogP contribution in [0.25, 0.3) is 0 Å². The van der Waals surface area contributed by atoms with Crippen LogP contribution >= 0.6 is 0 Å². The molecule has 0 amide bonds. The highest BCUT2D eigenvalue weighted by atomic mass is 19.1. The van der Waals surface area contributed by atoms with Crippen LogP contribution in [0.2, 0.25) is 0 Å². The summed E-state index contributed by atoms with van der Waals surface area (Å²) in [5.41, 5.74) is 6.22. The van der Waals surface area contributed by atoms with E-state index in [1.54, 1.807) is 6.07 Å². The first-order valence-electron chi connectivity index (χ1n) is 4.36. The fourth-order valence-corrected chi connectivity index (χ4v) is 0.996. The molecule has 0 aliphatic heterocycles. The zero-order chi connectivity index (χ0) is 10.4. The Morgan fingerprint density at radius 3 is 2.86 bits per heavy atom. The van der Waals surface area contributed by atoms with E-state index in [-0.39, 0.29) is 12.4 Å². The number of benzene rings is 1. The highest BCUT2D eigenvalue weighted by molar-refractivity contribution is 5.38.